The van der Waals surface area contributed by atoms with Crippen LogP contribution in [0, 0.1) is 6.92 Å². The maximum Gasteiger partial charge on any atom is 0.434 e. The molecule has 10 heteroatoms. The lowest BCUT2D eigenvalue weighted by Crippen LogP contribution is -2.19. The molecule has 0 aliphatic heterocycles. The van der Waals surface area contributed by atoms with Crippen molar-refractivity contribution in [1.82, 2.24) is 24.7 Å². The molecule has 0 saturated heterocycles. The number of aromatic nitrogens is 5. The van der Waals surface area contributed by atoms with E-state index in [-0.39, 0.29) is 17.1 Å². The van der Waals surface area contributed by atoms with Gasteiger partial charge in [-0.2, -0.15) is 18.3 Å². The predicted molar refractivity (Wildman–Crippen MR) is 120 cm³/mol. The number of thiazole rings is 1. The highest BCUT2D eigenvalue weighted by atomic mass is 32.1. The summed E-state index contributed by atoms with van der Waals surface area (Å²) in [6.07, 6.45) is -1.20. The Hall–Kier alpha value is -3.79. The topological polar surface area (TPSA) is 76.5 Å². The SMILES string of the molecule is Cc1cc(-c2n[nH]c3ccc(-c4ccn(Cc5nc(C(F)(F)F)cs5)c(=O)c4)cc23)ccn1. The standard InChI is InChI=1S/C23H16F3N5OS/c1-13-8-16(4-6-27-13)22-17-9-14(2-3-18(17)29-30-22)15-5-7-31(21(32)10-15)11-20-28-19(12-33-20)23(24,25)26/h2-10,12H,11H2,1H3,(H,29,30). The summed E-state index contributed by atoms with van der Waals surface area (Å²) < 4.78 is 39.6. The molecule has 0 unspecified atom stereocenters. The summed E-state index contributed by atoms with van der Waals surface area (Å²) in [7, 11) is 0. The molecule has 0 atom stereocenters. The number of aromatic amines is 1. The monoisotopic (exact) mass is 467 g/mol. The highest BCUT2D eigenvalue weighted by Gasteiger charge is 2.33. The molecule has 0 amide bonds. The first-order chi connectivity index (χ1) is 15.8. The fourth-order valence-electron chi connectivity index (χ4n) is 3.58. The third-order valence-corrected chi connectivity index (χ3v) is 6.04. The van der Waals surface area contributed by atoms with Crippen molar-refractivity contribution < 1.29 is 13.2 Å². The van der Waals surface area contributed by atoms with Gasteiger partial charge in [-0.15, -0.1) is 11.3 Å². The number of benzene rings is 1. The van der Waals surface area contributed by atoms with Crippen LogP contribution in [-0.4, -0.2) is 24.7 Å². The van der Waals surface area contributed by atoms with Crippen LogP contribution >= 0.6 is 11.3 Å². The molecule has 0 bridgehead atoms. The van der Waals surface area contributed by atoms with Crippen LogP contribution in [0.3, 0.4) is 0 Å². The van der Waals surface area contributed by atoms with Crippen molar-refractivity contribution in [2.45, 2.75) is 19.6 Å². The third-order valence-electron chi connectivity index (χ3n) is 5.21. The summed E-state index contributed by atoms with van der Waals surface area (Å²) in [5.74, 6) is 0. The van der Waals surface area contributed by atoms with Gasteiger partial charge >= 0.3 is 6.18 Å². The van der Waals surface area contributed by atoms with Gasteiger partial charge in [0.1, 0.15) is 10.7 Å². The molecule has 4 heterocycles. The number of fused-ring (bicyclic) bond motifs is 1. The first-order valence-electron chi connectivity index (χ1n) is 9.91. The van der Waals surface area contributed by atoms with Gasteiger partial charge in [0.2, 0.25) is 0 Å². The molecule has 0 radical (unpaired) electrons. The van der Waals surface area contributed by atoms with Gasteiger partial charge < -0.3 is 4.57 Å². The average Bonchev–Trinajstić information content (AvgIpc) is 3.42. The summed E-state index contributed by atoms with van der Waals surface area (Å²) in [6.45, 7) is 1.89. The Morgan fingerprint density at radius 2 is 1.88 bits per heavy atom. The Labute approximate surface area is 189 Å². The van der Waals surface area contributed by atoms with Gasteiger partial charge in [-0.05, 0) is 48.4 Å². The molecule has 33 heavy (non-hydrogen) atoms. The molecule has 6 nitrogen and oxygen atoms in total. The lowest BCUT2D eigenvalue weighted by molar-refractivity contribution is -0.140. The van der Waals surface area contributed by atoms with Crippen LogP contribution in [0.2, 0.25) is 0 Å². The van der Waals surface area contributed by atoms with Crippen molar-refractivity contribution in [3.05, 3.63) is 87.0 Å². The summed E-state index contributed by atoms with van der Waals surface area (Å²) in [4.78, 5) is 20.5. The molecular weight excluding hydrogens is 451 g/mol. The van der Waals surface area contributed by atoms with E-state index in [2.05, 4.69) is 20.2 Å². The number of alkyl halides is 3. The zero-order chi connectivity index (χ0) is 23.2. The number of pyridine rings is 2. The van der Waals surface area contributed by atoms with Gasteiger partial charge in [-0.3, -0.25) is 14.9 Å². The lowest BCUT2D eigenvalue weighted by atomic mass is 10.0. The molecule has 1 aromatic carbocycles. The van der Waals surface area contributed by atoms with Crippen LogP contribution in [0.1, 0.15) is 16.4 Å². The summed E-state index contributed by atoms with van der Waals surface area (Å²) in [5.41, 5.74) is 3.72. The second-order valence-corrected chi connectivity index (χ2v) is 8.47. The van der Waals surface area contributed by atoms with Gasteiger partial charge in [0.15, 0.2) is 5.69 Å². The molecule has 0 aliphatic carbocycles. The Balaban J connectivity index is 1.47. The van der Waals surface area contributed by atoms with E-state index in [1.54, 1.807) is 18.5 Å². The number of H-pyrrole nitrogens is 1. The first-order valence-corrected chi connectivity index (χ1v) is 10.8. The van der Waals surface area contributed by atoms with E-state index in [0.717, 1.165) is 50.1 Å². The minimum absolute atomic E-state index is 0.0217. The molecule has 0 spiro atoms. The van der Waals surface area contributed by atoms with Crippen LogP contribution in [0.25, 0.3) is 33.3 Å². The Bertz CT molecular complexity index is 1530. The predicted octanol–water partition coefficient (Wildman–Crippen LogP) is 5.29. The fourth-order valence-corrected chi connectivity index (χ4v) is 4.38. The molecular formula is C23H16F3N5OS. The smallest absolute Gasteiger partial charge is 0.309 e. The second-order valence-electron chi connectivity index (χ2n) is 7.52. The highest BCUT2D eigenvalue weighted by molar-refractivity contribution is 7.09. The van der Waals surface area contributed by atoms with E-state index in [1.807, 2.05) is 37.3 Å². The van der Waals surface area contributed by atoms with Crippen molar-refractivity contribution >= 4 is 22.2 Å². The zero-order valence-electron chi connectivity index (χ0n) is 17.2. The van der Waals surface area contributed by atoms with Crippen LogP contribution in [-0.2, 0) is 12.7 Å². The molecule has 0 saturated carbocycles. The minimum Gasteiger partial charge on any atom is -0.309 e. The molecule has 5 aromatic rings. The summed E-state index contributed by atoms with van der Waals surface area (Å²) >= 11 is 0.878. The van der Waals surface area contributed by atoms with Crippen LogP contribution in [0.15, 0.2) is 65.0 Å². The number of hydrogen-bond donors (Lipinski definition) is 1. The van der Waals surface area contributed by atoms with E-state index in [1.165, 1.54) is 10.6 Å². The minimum atomic E-state index is -4.50. The number of rotatable bonds is 4. The van der Waals surface area contributed by atoms with Gasteiger partial charge in [0.25, 0.3) is 5.56 Å². The fraction of sp³-hybridized carbons (Fsp3) is 0.130. The number of hydrogen-bond acceptors (Lipinski definition) is 5. The van der Waals surface area contributed by atoms with Crippen molar-refractivity contribution in [3.8, 4) is 22.4 Å². The number of nitrogens with one attached hydrogen (secondary N) is 1. The Morgan fingerprint density at radius 1 is 1.06 bits per heavy atom. The lowest BCUT2D eigenvalue weighted by Gasteiger charge is -2.07. The number of aryl methyl sites for hydroxylation is 1. The quantitative estimate of drug-likeness (QED) is 0.390. The largest absolute Gasteiger partial charge is 0.434 e. The highest BCUT2D eigenvalue weighted by Crippen LogP contribution is 2.31. The van der Waals surface area contributed by atoms with Gasteiger partial charge in [-0.25, -0.2) is 4.98 Å². The van der Waals surface area contributed by atoms with E-state index < -0.39 is 11.9 Å². The Kier molecular flexibility index (Phi) is 5.09. The third kappa shape index (κ3) is 4.17. The van der Waals surface area contributed by atoms with Crippen molar-refractivity contribution in [3.63, 3.8) is 0 Å². The normalized spacial score (nSPS) is 11.9. The Morgan fingerprint density at radius 3 is 2.61 bits per heavy atom. The molecule has 1 N–H and O–H groups in total. The van der Waals surface area contributed by atoms with E-state index in [9.17, 15) is 18.0 Å². The molecule has 4 aromatic heterocycles. The maximum atomic E-state index is 12.8. The van der Waals surface area contributed by atoms with Crippen LogP contribution < -0.4 is 5.56 Å². The van der Waals surface area contributed by atoms with E-state index >= 15 is 0 Å². The van der Waals surface area contributed by atoms with Crippen molar-refractivity contribution in [1.29, 1.82) is 0 Å². The molecule has 0 aliphatic rings. The zero-order valence-corrected chi connectivity index (χ0v) is 18.0. The number of nitrogens with zero attached hydrogens (tertiary/aromatic N) is 4. The van der Waals surface area contributed by atoms with Crippen LogP contribution in [0.4, 0.5) is 13.2 Å². The average molecular weight is 467 g/mol. The number of halogens is 3. The first kappa shape index (κ1) is 21.1. The molecule has 5 rings (SSSR count). The van der Waals surface area contributed by atoms with Crippen LogP contribution in [0.5, 0.6) is 0 Å². The van der Waals surface area contributed by atoms with Gasteiger partial charge in [0, 0.05) is 40.5 Å². The molecule has 0 fully saturated rings. The van der Waals surface area contributed by atoms with Gasteiger partial charge in [-0.1, -0.05) is 6.07 Å². The van der Waals surface area contributed by atoms with E-state index in [4.69, 9.17) is 0 Å². The summed E-state index contributed by atoms with van der Waals surface area (Å²) in [5, 5.41) is 9.54. The summed E-state index contributed by atoms with van der Waals surface area (Å²) in [6, 6.07) is 12.8. The van der Waals surface area contributed by atoms with Crippen molar-refractivity contribution in [2.75, 3.05) is 0 Å². The second kappa shape index (κ2) is 7.96. The van der Waals surface area contributed by atoms with Crippen molar-refractivity contribution in [2.24, 2.45) is 0 Å². The maximum absolute atomic E-state index is 12.8. The van der Waals surface area contributed by atoms with Gasteiger partial charge in [0.05, 0.1) is 12.1 Å². The van der Waals surface area contributed by atoms with E-state index in [0.29, 0.717) is 5.56 Å². The molecule has 166 valence electrons.